The first kappa shape index (κ1) is 13.3. The van der Waals surface area contributed by atoms with Gasteiger partial charge >= 0.3 is 0 Å². The summed E-state index contributed by atoms with van der Waals surface area (Å²) in [6, 6.07) is 2.05. The second-order valence-electron chi connectivity index (χ2n) is 5.84. The number of hydrogen-bond donors (Lipinski definition) is 1. The molecule has 1 aromatic rings. The van der Waals surface area contributed by atoms with E-state index in [2.05, 4.69) is 29.8 Å². The predicted octanol–water partition coefficient (Wildman–Crippen LogP) is 3.41. The molecule has 4 heteroatoms. The van der Waals surface area contributed by atoms with Crippen LogP contribution in [0.2, 0.25) is 0 Å². The average Bonchev–Trinajstić information content (AvgIpc) is 3.06. The molecule has 1 N–H and O–H groups in total. The molecule has 0 saturated heterocycles. The van der Waals surface area contributed by atoms with Gasteiger partial charge in [0.05, 0.1) is 10.1 Å². The molecular formula is C15H19BrO3. The van der Waals surface area contributed by atoms with Gasteiger partial charge in [0.1, 0.15) is 13.2 Å². The third-order valence-corrected chi connectivity index (χ3v) is 4.61. The normalized spacial score (nSPS) is 19.6. The minimum Gasteiger partial charge on any atom is -0.486 e. The van der Waals surface area contributed by atoms with E-state index in [0.29, 0.717) is 25.6 Å². The molecule has 0 radical (unpaired) electrons. The van der Waals surface area contributed by atoms with Gasteiger partial charge in [-0.3, -0.25) is 0 Å². The van der Waals surface area contributed by atoms with Crippen LogP contribution in [0.1, 0.15) is 43.7 Å². The van der Waals surface area contributed by atoms with Crippen LogP contribution < -0.4 is 9.47 Å². The minimum atomic E-state index is -0.493. The Bertz CT molecular complexity index is 507. The average molecular weight is 327 g/mol. The highest BCUT2D eigenvalue weighted by molar-refractivity contribution is 9.10. The summed E-state index contributed by atoms with van der Waals surface area (Å²) in [5, 5.41) is 10.2. The van der Waals surface area contributed by atoms with Crippen LogP contribution in [0.15, 0.2) is 10.5 Å². The van der Waals surface area contributed by atoms with Gasteiger partial charge in [0.2, 0.25) is 0 Å². The molecule has 1 aliphatic carbocycles. The molecule has 1 fully saturated rings. The van der Waals surface area contributed by atoms with Crippen LogP contribution in [-0.4, -0.2) is 23.9 Å². The third-order valence-electron chi connectivity index (χ3n) is 3.82. The Labute approximate surface area is 122 Å². The highest BCUT2D eigenvalue weighted by Gasteiger charge is 2.41. The van der Waals surface area contributed by atoms with E-state index in [1.807, 2.05) is 6.07 Å². The molecule has 0 spiro atoms. The van der Waals surface area contributed by atoms with Crippen LogP contribution in [0.5, 0.6) is 11.5 Å². The Kier molecular flexibility index (Phi) is 3.26. The second-order valence-corrected chi connectivity index (χ2v) is 6.64. The molecule has 1 aromatic carbocycles. The summed E-state index contributed by atoms with van der Waals surface area (Å²) in [6.07, 6.45) is 2.50. The fourth-order valence-corrected chi connectivity index (χ4v) is 3.68. The Morgan fingerprint density at radius 1 is 1.32 bits per heavy atom. The lowest BCUT2D eigenvalue weighted by molar-refractivity contribution is 0.149. The number of halogens is 1. The first-order chi connectivity index (χ1) is 9.00. The Hall–Kier alpha value is -0.740. The standard InChI is InChI=1S/C15H19BrO3/c1-9(2)12-10(8-15(17)3-4-15)7-11-14(13(12)16)19-6-5-18-11/h7,9,17H,3-6,8H2,1-2H3. The largest absolute Gasteiger partial charge is 0.486 e. The maximum atomic E-state index is 10.2. The lowest BCUT2D eigenvalue weighted by Gasteiger charge is -2.25. The van der Waals surface area contributed by atoms with E-state index in [1.165, 1.54) is 11.1 Å². The quantitative estimate of drug-likeness (QED) is 0.925. The number of fused-ring (bicyclic) bond motifs is 1. The van der Waals surface area contributed by atoms with Gasteiger partial charge in [-0.2, -0.15) is 0 Å². The van der Waals surface area contributed by atoms with Crippen LogP contribution in [0.3, 0.4) is 0 Å². The van der Waals surface area contributed by atoms with Gasteiger partial charge in [0, 0.05) is 6.42 Å². The molecule has 0 amide bonds. The van der Waals surface area contributed by atoms with E-state index in [-0.39, 0.29) is 0 Å². The minimum absolute atomic E-state index is 0.377. The van der Waals surface area contributed by atoms with E-state index in [0.717, 1.165) is 28.8 Å². The fourth-order valence-electron chi connectivity index (χ4n) is 2.66. The van der Waals surface area contributed by atoms with Crippen molar-refractivity contribution < 1.29 is 14.6 Å². The Morgan fingerprint density at radius 2 is 2.00 bits per heavy atom. The van der Waals surface area contributed by atoms with Crippen molar-refractivity contribution in [3.63, 3.8) is 0 Å². The molecule has 0 unspecified atom stereocenters. The van der Waals surface area contributed by atoms with Crippen molar-refractivity contribution in [1.82, 2.24) is 0 Å². The maximum absolute atomic E-state index is 10.2. The van der Waals surface area contributed by atoms with Crippen LogP contribution in [0, 0.1) is 0 Å². The zero-order chi connectivity index (χ0) is 13.6. The number of hydrogen-bond acceptors (Lipinski definition) is 3. The van der Waals surface area contributed by atoms with Gasteiger partial charge in [-0.1, -0.05) is 13.8 Å². The summed E-state index contributed by atoms with van der Waals surface area (Å²) in [6.45, 7) is 5.50. The van der Waals surface area contributed by atoms with Crippen LogP contribution >= 0.6 is 15.9 Å². The van der Waals surface area contributed by atoms with Crippen molar-refractivity contribution in [3.8, 4) is 11.5 Å². The maximum Gasteiger partial charge on any atom is 0.175 e. The van der Waals surface area contributed by atoms with Crippen molar-refractivity contribution in [2.45, 2.75) is 44.6 Å². The van der Waals surface area contributed by atoms with Crippen molar-refractivity contribution in [2.24, 2.45) is 0 Å². The molecule has 3 nitrogen and oxygen atoms in total. The highest BCUT2D eigenvalue weighted by Crippen LogP contribution is 2.47. The summed E-state index contributed by atoms with van der Waals surface area (Å²) in [5.41, 5.74) is 1.91. The molecule has 0 atom stereocenters. The number of benzene rings is 1. The van der Waals surface area contributed by atoms with Crippen LogP contribution in [-0.2, 0) is 6.42 Å². The monoisotopic (exact) mass is 326 g/mol. The van der Waals surface area contributed by atoms with Gasteiger partial charge < -0.3 is 14.6 Å². The van der Waals surface area contributed by atoms with Crippen LogP contribution in [0.4, 0.5) is 0 Å². The van der Waals surface area contributed by atoms with Gasteiger partial charge in [-0.05, 0) is 51.9 Å². The topological polar surface area (TPSA) is 38.7 Å². The van der Waals surface area contributed by atoms with Gasteiger partial charge in [-0.15, -0.1) is 0 Å². The van der Waals surface area contributed by atoms with Crippen molar-refractivity contribution in [3.05, 3.63) is 21.7 Å². The molecule has 1 aliphatic heterocycles. The molecule has 1 heterocycles. The molecule has 3 rings (SSSR count). The molecule has 19 heavy (non-hydrogen) atoms. The van der Waals surface area contributed by atoms with Gasteiger partial charge in [0.15, 0.2) is 11.5 Å². The fraction of sp³-hybridized carbons (Fsp3) is 0.600. The zero-order valence-electron chi connectivity index (χ0n) is 11.3. The van der Waals surface area contributed by atoms with Crippen molar-refractivity contribution in [2.75, 3.05) is 13.2 Å². The van der Waals surface area contributed by atoms with Gasteiger partial charge in [0.25, 0.3) is 0 Å². The van der Waals surface area contributed by atoms with E-state index in [9.17, 15) is 5.11 Å². The summed E-state index contributed by atoms with van der Waals surface area (Å²) in [7, 11) is 0. The molecule has 2 aliphatic rings. The molecular weight excluding hydrogens is 308 g/mol. The van der Waals surface area contributed by atoms with E-state index >= 15 is 0 Å². The predicted molar refractivity (Wildman–Crippen MR) is 77.1 cm³/mol. The molecule has 0 bridgehead atoms. The first-order valence-electron chi connectivity index (χ1n) is 6.83. The lowest BCUT2D eigenvalue weighted by Crippen LogP contribution is -2.19. The van der Waals surface area contributed by atoms with E-state index < -0.39 is 5.60 Å². The summed E-state index contributed by atoms with van der Waals surface area (Å²) in [4.78, 5) is 0. The third kappa shape index (κ3) is 2.48. The second kappa shape index (κ2) is 4.67. The number of rotatable bonds is 3. The molecule has 104 valence electrons. The van der Waals surface area contributed by atoms with Crippen LogP contribution in [0.25, 0.3) is 0 Å². The van der Waals surface area contributed by atoms with Crippen molar-refractivity contribution >= 4 is 15.9 Å². The van der Waals surface area contributed by atoms with Crippen molar-refractivity contribution in [1.29, 1.82) is 0 Å². The van der Waals surface area contributed by atoms with Gasteiger partial charge in [-0.25, -0.2) is 0 Å². The van der Waals surface area contributed by atoms with E-state index in [1.54, 1.807) is 0 Å². The highest BCUT2D eigenvalue weighted by atomic mass is 79.9. The molecule has 0 aromatic heterocycles. The first-order valence-corrected chi connectivity index (χ1v) is 7.63. The smallest absolute Gasteiger partial charge is 0.175 e. The molecule has 1 saturated carbocycles. The Morgan fingerprint density at radius 3 is 2.63 bits per heavy atom. The summed E-state index contributed by atoms with van der Waals surface area (Å²) in [5.74, 6) is 1.98. The zero-order valence-corrected chi connectivity index (χ0v) is 12.9. The van der Waals surface area contributed by atoms with E-state index in [4.69, 9.17) is 9.47 Å². The Balaban J connectivity index is 2.07. The number of ether oxygens (including phenoxy) is 2. The lowest BCUT2D eigenvalue weighted by atomic mass is 9.92. The summed E-state index contributed by atoms with van der Waals surface area (Å²) >= 11 is 3.66. The SMILES string of the molecule is CC(C)c1c(CC2(O)CC2)cc2c(c1Br)OCCO2. The summed E-state index contributed by atoms with van der Waals surface area (Å²) < 4.78 is 12.4. The number of aliphatic hydroxyl groups is 1.